The third-order valence-corrected chi connectivity index (χ3v) is 4.62. The van der Waals surface area contributed by atoms with Crippen LogP contribution in [0, 0.1) is 5.92 Å². The summed E-state index contributed by atoms with van der Waals surface area (Å²) in [7, 11) is 1.37. The second-order valence-corrected chi connectivity index (χ2v) is 6.83. The monoisotopic (exact) mass is 376 g/mol. The van der Waals surface area contributed by atoms with Crippen molar-refractivity contribution in [2.75, 3.05) is 26.7 Å². The number of nitrogens with zero attached hydrogens (tertiary/aromatic N) is 1. The minimum atomic E-state index is -0.618. The zero-order valence-corrected chi connectivity index (χ0v) is 16.0. The number of nitrogens with one attached hydrogen (secondary N) is 1. The van der Waals surface area contributed by atoms with E-state index in [1.165, 1.54) is 7.11 Å². The number of amides is 2. The molecule has 1 N–H and O–H groups in total. The van der Waals surface area contributed by atoms with Gasteiger partial charge in [-0.2, -0.15) is 0 Å². The molecule has 7 nitrogen and oxygen atoms in total. The summed E-state index contributed by atoms with van der Waals surface area (Å²) in [5.41, 5.74) is 0. The normalized spacial score (nSPS) is 17.7. The van der Waals surface area contributed by atoms with Crippen molar-refractivity contribution in [2.45, 2.75) is 38.7 Å². The van der Waals surface area contributed by atoms with Gasteiger partial charge in [-0.3, -0.25) is 14.4 Å². The number of methoxy groups -OCH3 is 1. The number of esters is 1. The molecule has 1 fully saturated rings. The van der Waals surface area contributed by atoms with E-state index < -0.39 is 11.8 Å². The molecule has 1 heterocycles. The highest BCUT2D eigenvalue weighted by molar-refractivity contribution is 6.35. The van der Waals surface area contributed by atoms with Gasteiger partial charge in [0.05, 0.1) is 13.7 Å². The van der Waals surface area contributed by atoms with Crippen LogP contribution in [0.25, 0.3) is 0 Å². The maximum atomic E-state index is 12.4. The van der Waals surface area contributed by atoms with Crippen molar-refractivity contribution in [1.82, 2.24) is 10.2 Å². The van der Waals surface area contributed by atoms with Crippen LogP contribution in [-0.4, -0.2) is 55.5 Å². The van der Waals surface area contributed by atoms with Gasteiger partial charge >= 0.3 is 17.8 Å². The zero-order chi connectivity index (χ0) is 19.6. The predicted molar refractivity (Wildman–Crippen MR) is 100 cm³/mol. The molecule has 1 saturated heterocycles. The van der Waals surface area contributed by atoms with E-state index in [1.807, 2.05) is 37.3 Å². The van der Waals surface area contributed by atoms with Gasteiger partial charge in [0.2, 0.25) is 0 Å². The van der Waals surface area contributed by atoms with Crippen molar-refractivity contribution in [1.29, 1.82) is 0 Å². The Morgan fingerprint density at radius 1 is 1.26 bits per heavy atom. The molecule has 0 aliphatic carbocycles. The molecule has 0 saturated carbocycles. The Bertz CT molecular complexity index is 635. The second kappa shape index (κ2) is 10.5. The first-order chi connectivity index (χ1) is 13.0. The lowest BCUT2D eigenvalue weighted by atomic mass is 9.93. The number of carbonyl (C=O) groups excluding carboxylic acids is 3. The van der Waals surface area contributed by atoms with Crippen molar-refractivity contribution in [3.05, 3.63) is 30.3 Å². The Morgan fingerprint density at radius 3 is 2.70 bits per heavy atom. The van der Waals surface area contributed by atoms with Crippen molar-refractivity contribution in [3.8, 4) is 5.75 Å². The third-order valence-electron chi connectivity index (χ3n) is 4.62. The molecule has 0 radical (unpaired) electrons. The highest BCUT2D eigenvalue weighted by atomic mass is 16.5. The molecular formula is C20H28N2O5. The maximum Gasteiger partial charge on any atom is 0.311 e. The topological polar surface area (TPSA) is 84.9 Å². The molecule has 0 aromatic heterocycles. The number of hydrogen-bond acceptors (Lipinski definition) is 5. The van der Waals surface area contributed by atoms with E-state index in [9.17, 15) is 14.4 Å². The molecule has 27 heavy (non-hydrogen) atoms. The van der Waals surface area contributed by atoms with Gasteiger partial charge in [-0.15, -0.1) is 0 Å². The molecule has 1 aliphatic rings. The third kappa shape index (κ3) is 6.92. The van der Waals surface area contributed by atoms with Crippen molar-refractivity contribution >= 4 is 17.8 Å². The van der Waals surface area contributed by atoms with Gasteiger partial charge in [0, 0.05) is 19.5 Å². The van der Waals surface area contributed by atoms with Gasteiger partial charge < -0.3 is 19.7 Å². The van der Waals surface area contributed by atoms with Gasteiger partial charge in [0.1, 0.15) is 11.9 Å². The fourth-order valence-electron chi connectivity index (χ4n) is 3.14. The van der Waals surface area contributed by atoms with E-state index in [-0.39, 0.29) is 24.5 Å². The van der Waals surface area contributed by atoms with Crippen LogP contribution in [0.4, 0.5) is 0 Å². The number of para-hydroxylation sites is 1. The fraction of sp³-hybridized carbons (Fsp3) is 0.550. The number of benzene rings is 1. The lowest BCUT2D eigenvalue weighted by Crippen LogP contribution is -2.48. The van der Waals surface area contributed by atoms with Crippen LogP contribution in [0.1, 0.15) is 32.6 Å². The van der Waals surface area contributed by atoms with Crippen LogP contribution in [0.2, 0.25) is 0 Å². The summed E-state index contributed by atoms with van der Waals surface area (Å²) in [6.45, 7) is 3.15. The molecule has 1 aromatic rings. The summed E-state index contributed by atoms with van der Waals surface area (Å²) >= 11 is 0. The lowest BCUT2D eigenvalue weighted by molar-refractivity contribution is -0.147. The first-order valence-electron chi connectivity index (χ1n) is 9.35. The summed E-state index contributed by atoms with van der Waals surface area (Å²) in [5, 5.41) is 2.64. The van der Waals surface area contributed by atoms with Crippen LogP contribution in [0.5, 0.6) is 5.75 Å². The first-order valence-corrected chi connectivity index (χ1v) is 9.35. The molecule has 1 aliphatic heterocycles. The largest absolute Gasteiger partial charge is 0.489 e. The average Bonchev–Trinajstić information content (AvgIpc) is 2.70. The number of ether oxygens (including phenoxy) is 2. The standard InChI is InChI=1S/C20H28N2O5/c1-15(27-17-8-4-3-5-9-17)13-21-19(24)20(25)22-12-6-7-16(14-22)10-11-18(23)26-2/h3-5,8-9,15-16H,6-7,10-14H2,1-2H3,(H,21,24). The first kappa shape index (κ1) is 20.7. The van der Waals surface area contributed by atoms with Gasteiger partial charge in [-0.1, -0.05) is 18.2 Å². The summed E-state index contributed by atoms with van der Waals surface area (Å²) in [4.78, 5) is 37.4. The van der Waals surface area contributed by atoms with Crippen LogP contribution in [0.15, 0.2) is 30.3 Å². The van der Waals surface area contributed by atoms with Crippen molar-refractivity contribution in [3.63, 3.8) is 0 Å². The van der Waals surface area contributed by atoms with E-state index in [2.05, 4.69) is 10.1 Å². The summed E-state index contributed by atoms with van der Waals surface area (Å²) in [5.74, 6) is -0.453. The number of carbonyl (C=O) groups is 3. The zero-order valence-electron chi connectivity index (χ0n) is 16.0. The molecule has 2 unspecified atom stereocenters. The summed E-state index contributed by atoms with van der Waals surface area (Å²) in [6, 6.07) is 9.32. The van der Waals surface area contributed by atoms with Crippen molar-refractivity contribution < 1.29 is 23.9 Å². The van der Waals surface area contributed by atoms with Gasteiger partial charge in [0.15, 0.2) is 0 Å². The van der Waals surface area contributed by atoms with Gasteiger partial charge in [-0.05, 0) is 44.2 Å². The second-order valence-electron chi connectivity index (χ2n) is 6.83. The molecule has 2 amide bonds. The number of piperidine rings is 1. The average molecular weight is 376 g/mol. The van der Waals surface area contributed by atoms with Crippen LogP contribution in [-0.2, 0) is 19.1 Å². The Kier molecular flexibility index (Phi) is 8.10. The smallest absolute Gasteiger partial charge is 0.311 e. The molecule has 1 aromatic carbocycles. The van der Waals surface area contributed by atoms with E-state index in [0.717, 1.165) is 18.6 Å². The maximum absolute atomic E-state index is 12.4. The SMILES string of the molecule is COC(=O)CCC1CCCN(C(=O)C(=O)NCC(C)Oc2ccccc2)C1. The highest BCUT2D eigenvalue weighted by Crippen LogP contribution is 2.21. The molecule has 2 rings (SSSR count). The van der Waals surface area contributed by atoms with E-state index in [4.69, 9.17) is 4.74 Å². The van der Waals surface area contributed by atoms with Gasteiger partial charge in [-0.25, -0.2) is 0 Å². The molecule has 7 heteroatoms. The van der Waals surface area contributed by atoms with Crippen LogP contribution in [0.3, 0.4) is 0 Å². The summed E-state index contributed by atoms with van der Waals surface area (Å²) < 4.78 is 10.3. The van der Waals surface area contributed by atoms with Crippen LogP contribution < -0.4 is 10.1 Å². The lowest BCUT2D eigenvalue weighted by Gasteiger charge is -2.32. The van der Waals surface area contributed by atoms with E-state index in [0.29, 0.717) is 25.9 Å². The minimum Gasteiger partial charge on any atom is -0.489 e. The molecule has 2 atom stereocenters. The highest BCUT2D eigenvalue weighted by Gasteiger charge is 2.28. The number of hydrogen-bond donors (Lipinski definition) is 1. The Morgan fingerprint density at radius 2 is 2.00 bits per heavy atom. The van der Waals surface area contributed by atoms with E-state index in [1.54, 1.807) is 4.90 Å². The minimum absolute atomic E-state index is 0.218. The number of likely N-dealkylation sites (tertiary alicyclic amines) is 1. The van der Waals surface area contributed by atoms with Crippen molar-refractivity contribution in [2.24, 2.45) is 5.92 Å². The Hall–Kier alpha value is -2.57. The molecule has 0 spiro atoms. The van der Waals surface area contributed by atoms with Crippen LogP contribution >= 0.6 is 0 Å². The molecule has 0 bridgehead atoms. The van der Waals surface area contributed by atoms with E-state index >= 15 is 0 Å². The predicted octanol–water partition coefficient (Wildman–Crippen LogP) is 1.76. The fourth-order valence-corrected chi connectivity index (χ4v) is 3.14. The van der Waals surface area contributed by atoms with Gasteiger partial charge in [0.25, 0.3) is 0 Å². The number of rotatable bonds is 7. The Labute approximate surface area is 160 Å². The summed E-state index contributed by atoms with van der Waals surface area (Å²) in [6.07, 6.45) is 2.53. The quantitative estimate of drug-likeness (QED) is 0.579. The molecule has 148 valence electrons. The Balaban J connectivity index is 1.75. The molecular weight excluding hydrogens is 348 g/mol.